The Morgan fingerprint density at radius 1 is 0.269 bits per heavy atom. The normalized spacial score (nSPS) is 9.00. The van der Waals surface area contributed by atoms with Crippen molar-refractivity contribution in [3.8, 4) is 0 Å². The fraction of sp³-hybridized carbons (Fsp3) is 1.00. The second kappa shape index (κ2) is 45.3. The molecule has 0 N–H and O–H groups in total. The van der Waals surface area contributed by atoms with E-state index in [0.717, 1.165) is 0 Å². The number of unbranched alkanes of at least 4 members (excludes halogenated alkanes) is 15. The van der Waals surface area contributed by atoms with Gasteiger partial charge in [-0.2, -0.15) is 0 Å². The van der Waals surface area contributed by atoms with Crippen molar-refractivity contribution in [2.75, 3.05) is 0 Å². The zero-order valence-corrected chi connectivity index (χ0v) is 24.6. The monoisotopic (exact) mass is 589 g/mol. The third-order valence-corrected chi connectivity index (χ3v) is 4.37. The van der Waals surface area contributed by atoms with Gasteiger partial charge in [0.25, 0.3) is 0 Å². The Hall–Kier alpha value is 1.53. The van der Waals surface area contributed by atoms with Gasteiger partial charge in [-0.3, -0.25) is 0 Å². The summed E-state index contributed by atoms with van der Waals surface area (Å²) in [6, 6.07) is 0. The molecule has 0 rings (SSSR count). The maximum absolute atomic E-state index is 2.26. The molecule has 0 bridgehead atoms. The Bertz CT molecular complexity index is 116. The van der Waals surface area contributed by atoms with Gasteiger partial charge in [0.15, 0.2) is 0 Å². The van der Waals surface area contributed by atoms with Gasteiger partial charge in [0.1, 0.15) is 0 Å². The SMILES string of the molecule is CCCCCCCC.CCCCCCCC.CCCCCCCC.[I-].[Sn]. The molecule has 0 saturated heterocycles. The Morgan fingerprint density at radius 2 is 0.385 bits per heavy atom. The number of rotatable bonds is 15. The van der Waals surface area contributed by atoms with Crippen LogP contribution >= 0.6 is 0 Å². The van der Waals surface area contributed by atoms with Crippen molar-refractivity contribution >= 4 is 23.9 Å². The molecule has 0 nitrogen and oxygen atoms in total. The average molecular weight is 588 g/mol. The average Bonchev–Trinajstić information content (AvgIpc) is 2.61. The summed E-state index contributed by atoms with van der Waals surface area (Å²) in [5.41, 5.74) is 0. The molecule has 162 valence electrons. The van der Waals surface area contributed by atoms with Crippen LogP contribution < -0.4 is 24.0 Å². The first-order chi connectivity index (χ1) is 11.7. The molecule has 0 amide bonds. The van der Waals surface area contributed by atoms with Crippen molar-refractivity contribution in [3.05, 3.63) is 0 Å². The second-order valence-corrected chi connectivity index (χ2v) is 7.24. The van der Waals surface area contributed by atoms with Crippen LogP contribution in [0, 0.1) is 0 Å². The molecule has 0 atom stereocenters. The molecular weight excluding hydrogens is 534 g/mol. The molecule has 26 heavy (non-hydrogen) atoms. The van der Waals surface area contributed by atoms with Crippen LogP contribution in [0.4, 0.5) is 0 Å². The molecule has 0 aliphatic heterocycles. The van der Waals surface area contributed by atoms with Crippen LogP contribution in [-0.2, 0) is 0 Å². The first-order valence-electron chi connectivity index (χ1n) is 11.7. The molecule has 0 aliphatic carbocycles. The first kappa shape index (κ1) is 38.2. The van der Waals surface area contributed by atoms with Gasteiger partial charge in [0.05, 0.1) is 0 Å². The van der Waals surface area contributed by atoms with Gasteiger partial charge in [-0.05, 0) is 0 Å². The van der Waals surface area contributed by atoms with E-state index < -0.39 is 0 Å². The van der Waals surface area contributed by atoms with E-state index in [2.05, 4.69) is 41.5 Å². The summed E-state index contributed by atoms with van der Waals surface area (Å²) in [5.74, 6) is 0. The molecule has 0 fully saturated rings. The first-order valence-corrected chi connectivity index (χ1v) is 11.7. The number of hydrogen-bond donors (Lipinski definition) is 0. The maximum atomic E-state index is 2.26. The molecule has 4 radical (unpaired) electrons. The molecule has 0 unspecified atom stereocenters. The molecule has 0 spiro atoms. The quantitative estimate of drug-likeness (QED) is 0.113. The fourth-order valence-corrected chi connectivity index (χ4v) is 2.56. The standard InChI is InChI=1S/3C8H18.HI.Sn/c3*1-3-5-7-8-6-4-2;;/h3*3-8H2,1-2H3;1H;/p-1. The van der Waals surface area contributed by atoms with Gasteiger partial charge in [-0.15, -0.1) is 0 Å². The molecule has 0 aromatic rings. The van der Waals surface area contributed by atoms with E-state index in [4.69, 9.17) is 0 Å². The van der Waals surface area contributed by atoms with Gasteiger partial charge in [0.2, 0.25) is 0 Å². The number of hydrogen-bond acceptors (Lipinski definition) is 0. The van der Waals surface area contributed by atoms with E-state index in [-0.39, 0.29) is 47.9 Å². The van der Waals surface area contributed by atoms with E-state index >= 15 is 0 Å². The van der Waals surface area contributed by atoms with Crippen molar-refractivity contribution in [3.63, 3.8) is 0 Å². The van der Waals surface area contributed by atoms with E-state index in [1.54, 1.807) is 0 Å². The molecule has 2 heteroatoms. The minimum atomic E-state index is 0. The Balaban J connectivity index is -0.0000000817. The number of halogens is 1. The Morgan fingerprint density at radius 3 is 0.462 bits per heavy atom. The summed E-state index contributed by atoms with van der Waals surface area (Å²) >= 11 is 0. The molecule has 0 aromatic carbocycles. The molecule has 0 heterocycles. The van der Waals surface area contributed by atoms with Crippen LogP contribution in [-0.4, -0.2) is 23.9 Å². The van der Waals surface area contributed by atoms with E-state index in [1.165, 1.54) is 116 Å². The van der Waals surface area contributed by atoms with Gasteiger partial charge >= 0.3 is 0 Å². The van der Waals surface area contributed by atoms with Crippen LogP contribution in [0.1, 0.15) is 157 Å². The molecule has 0 aromatic heterocycles. The second-order valence-electron chi connectivity index (χ2n) is 7.24. The summed E-state index contributed by atoms with van der Waals surface area (Å²) in [7, 11) is 0. The summed E-state index contributed by atoms with van der Waals surface area (Å²) < 4.78 is 0. The largest absolute Gasteiger partial charge is 1.00 e. The van der Waals surface area contributed by atoms with Crippen LogP contribution in [0.2, 0.25) is 0 Å². The molecule has 0 saturated carbocycles. The summed E-state index contributed by atoms with van der Waals surface area (Å²) in [6.07, 6.45) is 25.5. The van der Waals surface area contributed by atoms with Gasteiger partial charge in [-0.1, -0.05) is 157 Å². The smallest absolute Gasteiger partial charge is 0 e. The maximum Gasteiger partial charge on any atom is 0 e. The van der Waals surface area contributed by atoms with Crippen molar-refractivity contribution in [1.82, 2.24) is 0 Å². The van der Waals surface area contributed by atoms with Crippen LogP contribution in [0.3, 0.4) is 0 Å². The van der Waals surface area contributed by atoms with E-state index in [1.807, 2.05) is 0 Å². The topological polar surface area (TPSA) is 0 Å². The minimum absolute atomic E-state index is 0. The third-order valence-electron chi connectivity index (χ3n) is 4.37. The zero-order valence-electron chi connectivity index (χ0n) is 19.6. The zero-order chi connectivity index (χ0) is 18.7. The van der Waals surface area contributed by atoms with Crippen molar-refractivity contribution in [2.45, 2.75) is 157 Å². The fourth-order valence-electron chi connectivity index (χ4n) is 2.56. The predicted octanol–water partition coefficient (Wildman–Crippen LogP) is 6.72. The molecular formula is C24H54ISn-. The van der Waals surface area contributed by atoms with E-state index in [9.17, 15) is 0 Å². The molecule has 0 aliphatic rings. The van der Waals surface area contributed by atoms with Crippen LogP contribution in [0.5, 0.6) is 0 Å². The summed E-state index contributed by atoms with van der Waals surface area (Å²) in [5, 5.41) is 0. The van der Waals surface area contributed by atoms with Crippen molar-refractivity contribution in [1.29, 1.82) is 0 Å². The van der Waals surface area contributed by atoms with Gasteiger partial charge in [0, 0.05) is 23.9 Å². The van der Waals surface area contributed by atoms with E-state index in [0.29, 0.717) is 0 Å². The minimum Gasteiger partial charge on any atom is -1.00 e. The van der Waals surface area contributed by atoms with Gasteiger partial charge in [-0.25, -0.2) is 0 Å². The summed E-state index contributed by atoms with van der Waals surface area (Å²) in [6.45, 7) is 13.5. The van der Waals surface area contributed by atoms with Crippen LogP contribution in [0.25, 0.3) is 0 Å². The van der Waals surface area contributed by atoms with Crippen LogP contribution in [0.15, 0.2) is 0 Å². The third kappa shape index (κ3) is 56.2. The van der Waals surface area contributed by atoms with Crippen molar-refractivity contribution < 1.29 is 24.0 Å². The Kier molecular flexibility index (Phi) is 66.6. The Labute approximate surface area is 203 Å². The van der Waals surface area contributed by atoms with Gasteiger partial charge < -0.3 is 24.0 Å². The predicted molar refractivity (Wildman–Crippen MR) is 123 cm³/mol. The van der Waals surface area contributed by atoms with Crippen molar-refractivity contribution in [2.24, 2.45) is 0 Å². The summed E-state index contributed by atoms with van der Waals surface area (Å²) in [4.78, 5) is 0.